The van der Waals surface area contributed by atoms with Crippen LogP contribution in [0.2, 0.25) is 0 Å². The lowest BCUT2D eigenvalue weighted by Crippen LogP contribution is -2.32. The summed E-state index contributed by atoms with van der Waals surface area (Å²) in [5, 5.41) is 0. The molecule has 0 spiro atoms. The Labute approximate surface area is 194 Å². The molecule has 0 bridgehead atoms. The maximum atomic E-state index is 4.41. The minimum absolute atomic E-state index is 0.443. The summed E-state index contributed by atoms with van der Waals surface area (Å²) < 4.78 is 0. The van der Waals surface area contributed by atoms with E-state index in [1.165, 1.54) is 28.0 Å². The summed E-state index contributed by atoms with van der Waals surface area (Å²) in [4.78, 5) is 2.66. The van der Waals surface area contributed by atoms with Gasteiger partial charge in [0.1, 0.15) is 0 Å². The topological polar surface area (TPSA) is 3.24 Å². The SMILES string of the molecule is C=C(CC/C(=C\C)C1=CC2=C(CC1)N(C1=CC=CCC1)C1C=CC=CC21)C1=CC=CCC1. The summed E-state index contributed by atoms with van der Waals surface area (Å²) in [5.74, 6) is 0.476. The van der Waals surface area contributed by atoms with Gasteiger partial charge < -0.3 is 4.90 Å². The summed E-state index contributed by atoms with van der Waals surface area (Å²) in [6.45, 7) is 6.61. The Hall–Kier alpha value is -2.80. The van der Waals surface area contributed by atoms with Gasteiger partial charge in [0.15, 0.2) is 0 Å². The Kier molecular flexibility index (Phi) is 6.17. The molecule has 0 aromatic rings. The number of rotatable bonds is 6. The molecule has 1 heterocycles. The molecule has 5 rings (SSSR count). The molecule has 1 aliphatic heterocycles. The molecule has 0 amide bonds. The van der Waals surface area contributed by atoms with Crippen molar-refractivity contribution in [3.63, 3.8) is 0 Å². The van der Waals surface area contributed by atoms with E-state index in [-0.39, 0.29) is 0 Å². The van der Waals surface area contributed by atoms with E-state index in [4.69, 9.17) is 0 Å². The smallest absolute Gasteiger partial charge is 0.0623 e. The van der Waals surface area contributed by atoms with E-state index in [2.05, 4.69) is 91.3 Å². The first-order valence-electron chi connectivity index (χ1n) is 12.4. The van der Waals surface area contributed by atoms with Crippen LogP contribution in [0.3, 0.4) is 0 Å². The van der Waals surface area contributed by atoms with Gasteiger partial charge in [0.05, 0.1) is 6.04 Å². The standard InChI is InChI=1S/C31H35N/c1-3-24(19-18-23(2)25-12-6-4-7-13-25)26-20-21-31-29(22-26)28-16-10-11-17-30(28)32(31)27-14-8-5-9-15-27/h3-6,8,10-12,14,16-17,22,28,30H,2,7,9,13,15,18-21H2,1H3/b24-3+. The maximum Gasteiger partial charge on any atom is 0.0623 e. The molecule has 164 valence electrons. The predicted molar refractivity (Wildman–Crippen MR) is 137 cm³/mol. The minimum atomic E-state index is 0.443. The normalized spacial score (nSPS) is 26.6. The molecular weight excluding hydrogens is 386 g/mol. The number of allylic oxidation sites excluding steroid dienone is 16. The van der Waals surface area contributed by atoms with Gasteiger partial charge in [-0.2, -0.15) is 0 Å². The molecule has 4 aliphatic carbocycles. The second-order valence-electron chi connectivity index (χ2n) is 9.43. The van der Waals surface area contributed by atoms with Gasteiger partial charge in [-0.15, -0.1) is 0 Å². The van der Waals surface area contributed by atoms with E-state index in [0.717, 1.165) is 51.4 Å². The van der Waals surface area contributed by atoms with Crippen LogP contribution in [0.1, 0.15) is 58.3 Å². The quantitative estimate of drug-likeness (QED) is 0.418. The lowest BCUT2D eigenvalue weighted by Gasteiger charge is -2.34. The molecule has 0 saturated heterocycles. The first-order chi connectivity index (χ1) is 15.8. The van der Waals surface area contributed by atoms with Crippen LogP contribution in [0.15, 0.2) is 119 Å². The van der Waals surface area contributed by atoms with E-state index in [1.54, 1.807) is 11.3 Å². The molecule has 0 aromatic heterocycles. The van der Waals surface area contributed by atoms with Crippen LogP contribution >= 0.6 is 0 Å². The first-order valence-corrected chi connectivity index (χ1v) is 12.4. The Bertz CT molecular complexity index is 1060. The third-order valence-corrected chi connectivity index (χ3v) is 7.57. The van der Waals surface area contributed by atoms with Gasteiger partial charge in [0.25, 0.3) is 0 Å². The van der Waals surface area contributed by atoms with Gasteiger partial charge in [-0.05, 0) is 86.7 Å². The van der Waals surface area contributed by atoms with Gasteiger partial charge >= 0.3 is 0 Å². The van der Waals surface area contributed by atoms with Crippen LogP contribution in [0, 0.1) is 5.92 Å². The zero-order valence-electron chi connectivity index (χ0n) is 19.4. The van der Waals surface area contributed by atoms with Gasteiger partial charge in [-0.1, -0.05) is 79.0 Å². The molecule has 1 heteroatoms. The average molecular weight is 422 g/mol. The summed E-state index contributed by atoms with van der Waals surface area (Å²) in [7, 11) is 0. The van der Waals surface area contributed by atoms with E-state index >= 15 is 0 Å². The highest BCUT2D eigenvalue weighted by Crippen LogP contribution is 2.47. The van der Waals surface area contributed by atoms with Crippen LogP contribution in [0.25, 0.3) is 0 Å². The van der Waals surface area contributed by atoms with Crippen LogP contribution in [-0.2, 0) is 0 Å². The lowest BCUT2D eigenvalue weighted by atomic mass is 9.83. The highest BCUT2D eigenvalue weighted by molar-refractivity contribution is 5.51. The Balaban J connectivity index is 1.38. The van der Waals surface area contributed by atoms with Crippen molar-refractivity contribution in [1.82, 2.24) is 4.90 Å². The van der Waals surface area contributed by atoms with Crippen molar-refractivity contribution in [1.29, 1.82) is 0 Å². The van der Waals surface area contributed by atoms with Crippen molar-refractivity contribution in [3.8, 4) is 0 Å². The summed E-state index contributed by atoms with van der Waals surface area (Å²) in [6.07, 6.45) is 36.7. The number of nitrogens with zero attached hydrogens (tertiary/aromatic N) is 1. The predicted octanol–water partition coefficient (Wildman–Crippen LogP) is 8.18. The summed E-state index contributed by atoms with van der Waals surface area (Å²) in [6, 6.07) is 0.443. The van der Waals surface area contributed by atoms with E-state index in [1.807, 2.05) is 0 Å². The molecule has 0 radical (unpaired) electrons. The van der Waals surface area contributed by atoms with Crippen molar-refractivity contribution in [3.05, 3.63) is 119 Å². The molecule has 2 atom stereocenters. The summed E-state index contributed by atoms with van der Waals surface area (Å²) in [5.41, 5.74) is 10.4. The maximum absolute atomic E-state index is 4.41. The molecular formula is C31H35N. The first kappa shape index (κ1) is 21.1. The Morgan fingerprint density at radius 2 is 1.75 bits per heavy atom. The second kappa shape index (κ2) is 9.36. The molecule has 5 aliphatic rings. The van der Waals surface area contributed by atoms with Crippen molar-refractivity contribution >= 4 is 0 Å². The molecule has 0 N–H and O–H groups in total. The fraction of sp³-hybridized carbons (Fsp3) is 0.355. The van der Waals surface area contributed by atoms with E-state index in [0.29, 0.717) is 12.0 Å². The average Bonchev–Trinajstić information content (AvgIpc) is 3.19. The van der Waals surface area contributed by atoms with Crippen LogP contribution in [0.5, 0.6) is 0 Å². The zero-order valence-corrected chi connectivity index (χ0v) is 19.4. The van der Waals surface area contributed by atoms with Crippen LogP contribution < -0.4 is 0 Å². The number of hydrogen-bond donors (Lipinski definition) is 0. The third-order valence-electron chi connectivity index (χ3n) is 7.57. The van der Waals surface area contributed by atoms with Crippen LogP contribution in [0.4, 0.5) is 0 Å². The van der Waals surface area contributed by atoms with Crippen molar-refractivity contribution in [2.24, 2.45) is 5.92 Å². The van der Waals surface area contributed by atoms with Crippen molar-refractivity contribution in [2.75, 3.05) is 0 Å². The molecule has 2 unspecified atom stereocenters. The molecule has 1 nitrogen and oxygen atoms in total. The largest absolute Gasteiger partial charge is 0.341 e. The third kappa shape index (κ3) is 4.01. The second-order valence-corrected chi connectivity index (χ2v) is 9.43. The van der Waals surface area contributed by atoms with Crippen LogP contribution in [-0.4, -0.2) is 10.9 Å². The number of hydrogen-bond acceptors (Lipinski definition) is 1. The molecule has 32 heavy (non-hydrogen) atoms. The molecule has 0 fully saturated rings. The van der Waals surface area contributed by atoms with Crippen molar-refractivity contribution in [2.45, 2.75) is 64.3 Å². The highest BCUT2D eigenvalue weighted by atomic mass is 15.2. The molecule has 0 saturated carbocycles. The lowest BCUT2D eigenvalue weighted by molar-refractivity contribution is 0.343. The fourth-order valence-electron chi connectivity index (χ4n) is 5.84. The van der Waals surface area contributed by atoms with Gasteiger partial charge in [-0.25, -0.2) is 0 Å². The zero-order chi connectivity index (χ0) is 21.9. The highest BCUT2D eigenvalue weighted by Gasteiger charge is 2.40. The minimum Gasteiger partial charge on any atom is -0.341 e. The van der Waals surface area contributed by atoms with Gasteiger partial charge in [0, 0.05) is 17.3 Å². The van der Waals surface area contributed by atoms with Crippen molar-refractivity contribution < 1.29 is 0 Å². The van der Waals surface area contributed by atoms with E-state index in [9.17, 15) is 0 Å². The Morgan fingerprint density at radius 3 is 2.50 bits per heavy atom. The Morgan fingerprint density at radius 1 is 0.938 bits per heavy atom. The molecule has 0 aromatic carbocycles. The van der Waals surface area contributed by atoms with Gasteiger partial charge in [0.2, 0.25) is 0 Å². The summed E-state index contributed by atoms with van der Waals surface area (Å²) >= 11 is 0. The van der Waals surface area contributed by atoms with E-state index < -0.39 is 0 Å². The number of fused-ring (bicyclic) bond motifs is 2. The monoisotopic (exact) mass is 421 g/mol. The fourth-order valence-corrected chi connectivity index (χ4v) is 5.84. The van der Waals surface area contributed by atoms with Gasteiger partial charge in [-0.3, -0.25) is 0 Å².